The van der Waals surface area contributed by atoms with Crippen LogP contribution in [0.25, 0.3) is 0 Å². The highest BCUT2D eigenvalue weighted by molar-refractivity contribution is 5.99. The van der Waals surface area contributed by atoms with Gasteiger partial charge in [-0.3, -0.25) is 4.79 Å². The highest BCUT2D eigenvalue weighted by Gasteiger charge is 2.31. The molecule has 1 fully saturated rings. The Balaban J connectivity index is 1.93. The average molecular weight is 318 g/mol. The number of ether oxygens (including phenoxy) is 3. The quantitative estimate of drug-likeness (QED) is 0.777. The van der Waals surface area contributed by atoms with Crippen molar-refractivity contribution in [3.8, 4) is 5.75 Å². The van der Waals surface area contributed by atoms with E-state index >= 15 is 0 Å². The zero-order valence-electron chi connectivity index (χ0n) is 12.1. The second kappa shape index (κ2) is 7.11. The molecule has 0 bridgehead atoms. The predicted molar refractivity (Wildman–Crippen MR) is 71.6 cm³/mol. The van der Waals surface area contributed by atoms with Crippen LogP contribution < -0.4 is 4.74 Å². The molecule has 1 saturated heterocycles. The molecular formula is C15H17F3O4. The van der Waals surface area contributed by atoms with E-state index in [-0.39, 0.29) is 17.1 Å². The van der Waals surface area contributed by atoms with E-state index in [1.807, 2.05) is 0 Å². The lowest BCUT2D eigenvalue weighted by atomic mass is 10.1. The van der Waals surface area contributed by atoms with E-state index < -0.39 is 18.8 Å². The van der Waals surface area contributed by atoms with Crippen molar-refractivity contribution in [2.75, 3.05) is 6.61 Å². The number of hydrogen-bond acceptors (Lipinski definition) is 4. The van der Waals surface area contributed by atoms with Crippen molar-refractivity contribution in [3.05, 3.63) is 29.8 Å². The molecule has 0 amide bonds. The molecule has 0 aliphatic carbocycles. The molecule has 0 radical (unpaired) electrons. The number of rotatable bonds is 5. The maximum absolute atomic E-state index is 12.2. The lowest BCUT2D eigenvalue weighted by Crippen LogP contribution is -2.31. The van der Waals surface area contributed by atoms with Gasteiger partial charge in [0.2, 0.25) is 0 Å². The Morgan fingerprint density at radius 1 is 1.27 bits per heavy atom. The van der Waals surface area contributed by atoms with Crippen LogP contribution in [0.4, 0.5) is 13.2 Å². The van der Waals surface area contributed by atoms with Gasteiger partial charge in [0.1, 0.15) is 11.9 Å². The predicted octanol–water partition coefficient (Wildman–Crippen LogP) is 3.70. The van der Waals surface area contributed by atoms with Crippen molar-refractivity contribution in [1.82, 2.24) is 0 Å². The van der Waals surface area contributed by atoms with E-state index in [4.69, 9.17) is 9.47 Å². The van der Waals surface area contributed by atoms with Gasteiger partial charge in [0.15, 0.2) is 12.1 Å². The minimum Gasteiger partial charge on any atom is -0.406 e. The zero-order chi connectivity index (χ0) is 16.2. The van der Waals surface area contributed by atoms with Crippen LogP contribution in [0, 0.1) is 0 Å². The molecule has 2 rings (SSSR count). The maximum Gasteiger partial charge on any atom is 0.573 e. The van der Waals surface area contributed by atoms with Crippen molar-refractivity contribution in [2.24, 2.45) is 0 Å². The summed E-state index contributed by atoms with van der Waals surface area (Å²) in [5.41, 5.74) is 0.262. The molecule has 1 aromatic carbocycles. The number of ketones is 1. The monoisotopic (exact) mass is 318 g/mol. The van der Waals surface area contributed by atoms with Crippen LogP contribution in [0.15, 0.2) is 24.3 Å². The lowest BCUT2D eigenvalue weighted by molar-refractivity contribution is -0.274. The Kier molecular flexibility index (Phi) is 5.42. The van der Waals surface area contributed by atoms with E-state index in [1.54, 1.807) is 6.92 Å². The van der Waals surface area contributed by atoms with E-state index in [1.165, 1.54) is 12.1 Å². The second-order valence-corrected chi connectivity index (χ2v) is 5.01. The van der Waals surface area contributed by atoms with Gasteiger partial charge in [0, 0.05) is 12.2 Å². The van der Waals surface area contributed by atoms with Crippen LogP contribution in [-0.4, -0.2) is 31.1 Å². The van der Waals surface area contributed by atoms with Gasteiger partial charge in [0.05, 0.1) is 0 Å². The fraction of sp³-hybridized carbons (Fsp3) is 0.533. The molecule has 122 valence electrons. The first-order valence-corrected chi connectivity index (χ1v) is 7.02. The third-order valence-corrected chi connectivity index (χ3v) is 3.24. The summed E-state index contributed by atoms with van der Waals surface area (Å²) in [6.07, 6.45) is -3.19. The van der Waals surface area contributed by atoms with E-state index in [9.17, 15) is 18.0 Å². The Morgan fingerprint density at radius 3 is 2.50 bits per heavy atom. The highest BCUT2D eigenvalue weighted by Crippen LogP contribution is 2.23. The van der Waals surface area contributed by atoms with Crippen molar-refractivity contribution in [1.29, 1.82) is 0 Å². The second-order valence-electron chi connectivity index (χ2n) is 5.01. The normalized spacial score (nSPS) is 20.5. The van der Waals surface area contributed by atoms with Crippen LogP contribution in [0.5, 0.6) is 5.75 Å². The van der Waals surface area contributed by atoms with Crippen LogP contribution in [0.3, 0.4) is 0 Å². The van der Waals surface area contributed by atoms with Gasteiger partial charge in [-0.25, -0.2) is 0 Å². The number of hydrogen-bond donors (Lipinski definition) is 0. The number of benzene rings is 1. The third kappa shape index (κ3) is 4.99. The molecular weight excluding hydrogens is 301 g/mol. The highest BCUT2D eigenvalue weighted by atomic mass is 19.4. The number of halogens is 3. The number of carbonyl (C=O) groups is 1. The first kappa shape index (κ1) is 16.8. The van der Waals surface area contributed by atoms with Crippen molar-refractivity contribution >= 4 is 5.78 Å². The fourth-order valence-electron chi connectivity index (χ4n) is 2.16. The maximum atomic E-state index is 12.2. The van der Waals surface area contributed by atoms with Crippen LogP contribution >= 0.6 is 0 Å². The molecule has 0 N–H and O–H groups in total. The molecule has 2 atom stereocenters. The molecule has 4 nitrogen and oxygen atoms in total. The molecule has 0 aromatic heterocycles. The summed E-state index contributed by atoms with van der Waals surface area (Å²) in [4.78, 5) is 12.2. The molecule has 22 heavy (non-hydrogen) atoms. The van der Waals surface area contributed by atoms with Gasteiger partial charge in [-0.2, -0.15) is 0 Å². The molecule has 1 aliphatic heterocycles. The molecule has 1 heterocycles. The first-order valence-electron chi connectivity index (χ1n) is 7.02. The summed E-state index contributed by atoms with van der Waals surface area (Å²) in [7, 11) is 0. The Labute approximate surface area is 126 Å². The number of alkyl halides is 3. The SMILES string of the molecule is C[C@@H](OC1CCCCO1)C(=O)c1ccc(OC(F)(F)F)cc1. The fourth-order valence-corrected chi connectivity index (χ4v) is 2.16. The molecule has 7 heteroatoms. The third-order valence-electron chi connectivity index (χ3n) is 3.24. The minimum absolute atomic E-state index is 0.262. The first-order chi connectivity index (χ1) is 10.3. The summed E-state index contributed by atoms with van der Waals surface area (Å²) >= 11 is 0. The zero-order valence-corrected chi connectivity index (χ0v) is 12.1. The molecule has 0 spiro atoms. The van der Waals surface area contributed by atoms with Crippen LogP contribution in [0.1, 0.15) is 36.5 Å². The largest absolute Gasteiger partial charge is 0.573 e. The summed E-state index contributed by atoms with van der Waals surface area (Å²) < 4.78 is 50.9. The van der Waals surface area contributed by atoms with Crippen molar-refractivity contribution in [2.45, 2.75) is 44.9 Å². The van der Waals surface area contributed by atoms with Gasteiger partial charge >= 0.3 is 6.36 Å². The Bertz CT molecular complexity index is 493. The lowest BCUT2D eigenvalue weighted by Gasteiger charge is -2.25. The van der Waals surface area contributed by atoms with Crippen molar-refractivity contribution in [3.63, 3.8) is 0 Å². The summed E-state index contributed by atoms with van der Waals surface area (Å²) in [5.74, 6) is -0.680. The molecule has 1 aliphatic rings. The van der Waals surface area contributed by atoms with Gasteiger partial charge in [-0.1, -0.05) is 0 Å². The van der Waals surface area contributed by atoms with Crippen LogP contribution in [-0.2, 0) is 9.47 Å². The topological polar surface area (TPSA) is 44.8 Å². The number of Topliss-reactive ketones (excluding diaryl/α,β-unsaturated/α-hetero) is 1. The minimum atomic E-state index is -4.75. The van der Waals surface area contributed by atoms with Crippen LogP contribution in [0.2, 0.25) is 0 Å². The summed E-state index contributed by atoms with van der Waals surface area (Å²) in [6.45, 7) is 2.20. The van der Waals surface area contributed by atoms with Gasteiger partial charge in [-0.05, 0) is 50.5 Å². The van der Waals surface area contributed by atoms with Gasteiger partial charge in [0.25, 0.3) is 0 Å². The van der Waals surface area contributed by atoms with E-state index in [0.717, 1.165) is 31.4 Å². The summed E-state index contributed by atoms with van der Waals surface area (Å²) in [5, 5.41) is 0. The molecule has 1 unspecified atom stereocenters. The Hall–Kier alpha value is -1.60. The van der Waals surface area contributed by atoms with E-state index in [0.29, 0.717) is 6.61 Å². The van der Waals surface area contributed by atoms with E-state index in [2.05, 4.69) is 4.74 Å². The number of carbonyl (C=O) groups excluding carboxylic acids is 1. The molecule has 1 aromatic rings. The smallest absolute Gasteiger partial charge is 0.406 e. The van der Waals surface area contributed by atoms with Gasteiger partial charge in [-0.15, -0.1) is 13.2 Å². The average Bonchev–Trinajstić information content (AvgIpc) is 2.46. The molecule has 0 saturated carbocycles. The Morgan fingerprint density at radius 2 is 1.95 bits per heavy atom. The van der Waals surface area contributed by atoms with Crippen molar-refractivity contribution < 1.29 is 32.2 Å². The standard InChI is InChI=1S/C15H17F3O4/c1-10(21-13-4-2-3-9-20-13)14(19)11-5-7-12(8-6-11)22-15(16,17)18/h5-8,10,13H,2-4,9H2,1H3/t10-,13?/m1/s1. The summed E-state index contributed by atoms with van der Waals surface area (Å²) in [6, 6.07) is 4.77. The van der Waals surface area contributed by atoms with Gasteiger partial charge < -0.3 is 14.2 Å².